The van der Waals surface area contributed by atoms with E-state index in [1.165, 1.54) is 0 Å². The first kappa shape index (κ1) is 13.5. The molecule has 2 unspecified atom stereocenters. The fourth-order valence-electron chi connectivity index (χ4n) is 3.04. The van der Waals surface area contributed by atoms with E-state index < -0.39 is 0 Å². The first-order valence-corrected chi connectivity index (χ1v) is 7.94. The lowest BCUT2D eigenvalue weighted by Gasteiger charge is -2.08. The minimum absolute atomic E-state index is 0.0492. The molecule has 6 heteroatoms. The van der Waals surface area contributed by atoms with Crippen molar-refractivity contribution in [3.63, 3.8) is 0 Å². The van der Waals surface area contributed by atoms with Crippen molar-refractivity contribution in [3.05, 3.63) is 33.9 Å². The highest BCUT2D eigenvalue weighted by Gasteiger charge is 2.57. The fourth-order valence-corrected chi connectivity index (χ4v) is 3.58. The van der Waals surface area contributed by atoms with Crippen LogP contribution in [0.5, 0.6) is 0 Å². The predicted octanol–water partition coefficient (Wildman–Crippen LogP) is 3.48. The number of nitrogens with zero attached hydrogens (tertiary/aromatic N) is 1. The maximum atomic E-state index is 12.2. The maximum absolute atomic E-state index is 12.2. The summed E-state index contributed by atoms with van der Waals surface area (Å²) in [5.74, 6) is 1.52. The molecule has 108 valence electrons. The lowest BCUT2D eigenvalue weighted by atomic mass is 10.2. The standard InChI is InChI=1S/C15H12BrClN2O2/c16-11-1-7-3-13(18-4-8(7)2-12(11)17)19-15(20)14-9-5-21-6-10(9)14/h1-4,9-10,14H,5-6H2,(H,18,19,20). The van der Waals surface area contributed by atoms with Gasteiger partial charge in [-0.3, -0.25) is 4.79 Å². The number of hydrogen-bond donors (Lipinski definition) is 1. The second-order valence-electron chi connectivity index (χ2n) is 5.56. The number of aromatic nitrogens is 1. The molecule has 4 nitrogen and oxygen atoms in total. The third kappa shape index (κ3) is 2.33. The Bertz CT molecular complexity index is 742. The van der Waals surface area contributed by atoms with Crippen LogP contribution in [0.15, 0.2) is 28.9 Å². The van der Waals surface area contributed by atoms with Crippen LogP contribution in [0, 0.1) is 17.8 Å². The quantitative estimate of drug-likeness (QED) is 0.884. The van der Waals surface area contributed by atoms with Gasteiger partial charge in [-0.25, -0.2) is 4.98 Å². The van der Waals surface area contributed by atoms with Crippen molar-refractivity contribution >= 4 is 50.0 Å². The molecule has 2 fully saturated rings. The predicted molar refractivity (Wildman–Crippen MR) is 84.4 cm³/mol. The Kier molecular flexibility index (Phi) is 3.17. The fraction of sp³-hybridized carbons (Fsp3) is 0.333. The number of hydrogen-bond acceptors (Lipinski definition) is 3. The van der Waals surface area contributed by atoms with Gasteiger partial charge in [-0.05, 0) is 51.4 Å². The molecule has 2 aliphatic rings. The van der Waals surface area contributed by atoms with E-state index in [1.807, 2.05) is 18.2 Å². The van der Waals surface area contributed by atoms with Gasteiger partial charge in [0, 0.05) is 22.0 Å². The third-order valence-electron chi connectivity index (χ3n) is 4.27. The zero-order valence-corrected chi connectivity index (χ0v) is 13.3. The Hall–Kier alpha value is -1.17. The molecule has 0 bridgehead atoms. The molecule has 1 saturated heterocycles. The summed E-state index contributed by atoms with van der Waals surface area (Å²) in [5, 5.41) is 5.47. The zero-order chi connectivity index (χ0) is 14.6. The van der Waals surface area contributed by atoms with Crippen molar-refractivity contribution in [2.45, 2.75) is 0 Å². The SMILES string of the molecule is O=C(Nc1cc2cc(Br)c(Cl)cc2cn1)C1C2COCC21. The highest BCUT2D eigenvalue weighted by atomic mass is 79.9. The minimum Gasteiger partial charge on any atom is -0.381 e. The molecule has 1 aromatic carbocycles. The van der Waals surface area contributed by atoms with Gasteiger partial charge in [0.05, 0.1) is 18.2 Å². The number of halogens is 2. The van der Waals surface area contributed by atoms with Crippen LogP contribution in [0.2, 0.25) is 5.02 Å². The van der Waals surface area contributed by atoms with E-state index in [-0.39, 0.29) is 11.8 Å². The number of nitrogens with one attached hydrogen (secondary N) is 1. The van der Waals surface area contributed by atoms with E-state index in [1.54, 1.807) is 6.20 Å². The lowest BCUT2D eigenvalue weighted by Crippen LogP contribution is -2.19. The average Bonchev–Trinajstić information content (AvgIpc) is 2.94. The maximum Gasteiger partial charge on any atom is 0.229 e. The normalized spacial score (nSPS) is 26.7. The van der Waals surface area contributed by atoms with Gasteiger partial charge in [-0.15, -0.1) is 0 Å². The molecule has 1 N–H and O–H groups in total. The lowest BCUT2D eigenvalue weighted by molar-refractivity contribution is -0.118. The van der Waals surface area contributed by atoms with E-state index in [2.05, 4.69) is 26.2 Å². The van der Waals surface area contributed by atoms with Crippen molar-refractivity contribution in [2.24, 2.45) is 17.8 Å². The Morgan fingerprint density at radius 3 is 2.81 bits per heavy atom. The number of anilines is 1. The minimum atomic E-state index is 0.0492. The van der Waals surface area contributed by atoms with Crippen LogP contribution in [0.3, 0.4) is 0 Å². The first-order valence-electron chi connectivity index (χ1n) is 6.77. The van der Waals surface area contributed by atoms with Crippen molar-refractivity contribution < 1.29 is 9.53 Å². The van der Waals surface area contributed by atoms with Gasteiger partial charge in [0.25, 0.3) is 0 Å². The van der Waals surface area contributed by atoms with Gasteiger partial charge in [-0.2, -0.15) is 0 Å². The Morgan fingerprint density at radius 1 is 1.29 bits per heavy atom. The average molecular weight is 368 g/mol. The summed E-state index contributed by atoms with van der Waals surface area (Å²) in [6.07, 6.45) is 1.72. The number of carbonyl (C=O) groups is 1. The molecule has 2 aromatic rings. The van der Waals surface area contributed by atoms with Gasteiger partial charge >= 0.3 is 0 Å². The van der Waals surface area contributed by atoms with E-state index in [0.29, 0.717) is 35.9 Å². The van der Waals surface area contributed by atoms with Crippen LogP contribution in [-0.2, 0) is 9.53 Å². The molecule has 1 saturated carbocycles. The topological polar surface area (TPSA) is 51.2 Å². The summed E-state index contributed by atoms with van der Waals surface area (Å²) in [4.78, 5) is 16.5. The molecule has 1 aliphatic heterocycles. The monoisotopic (exact) mass is 366 g/mol. The summed E-state index contributed by atoms with van der Waals surface area (Å²) in [7, 11) is 0. The number of amides is 1. The molecule has 1 aliphatic carbocycles. The number of pyridine rings is 1. The van der Waals surface area contributed by atoms with Gasteiger partial charge in [-0.1, -0.05) is 11.6 Å². The van der Waals surface area contributed by atoms with Gasteiger partial charge < -0.3 is 10.1 Å². The van der Waals surface area contributed by atoms with E-state index in [9.17, 15) is 4.79 Å². The smallest absolute Gasteiger partial charge is 0.229 e. The Morgan fingerprint density at radius 2 is 2.05 bits per heavy atom. The van der Waals surface area contributed by atoms with Gasteiger partial charge in [0.1, 0.15) is 5.82 Å². The highest BCUT2D eigenvalue weighted by molar-refractivity contribution is 9.10. The summed E-state index contributed by atoms with van der Waals surface area (Å²) >= 11 is 9.46. The van der Waals surface area contributed by atoms with Crippen LogP contribution >= 0.6 is 27.5 Å². The summed E-state index contributed by atoms with van der Waals surface area (Å²) in [6.45, 7) is 1.42. The number of ether oxygens (including phenoxy) is 1. The van der Waals surface area contributed by atoms with E-state index >= 15 is 0 Å². The Balaban J connectivity index is 1.56. The molecular formula is C15H12BrClN2O2. The molecule has 0 spiro atoms. The second kappa shape index (κ2) is 4.93. The molecule has 21 heavy (non-hydrogen) atoms. The summed E-state index contributed by atoms with van der Waals surface area (Å²) in [6, 6.07) is 5.64. The van der Waals surface area contributed by atoms with Crippen LogP contribution in [0.25, 0.3) is 10.8 Å². The molecule has 4 rings (SSSR count). The number of rotatable bonds is 2. The first-order chi connectivity index (χ1) is 10.1. The number of carbonyl (C=O) groups excluding carboxylic acids is 1. The number of benzene rings is 1. The van der Waals surface area contributed by atoms with Crippen LogP contribution < -0.4 is 5.32 Å². The third-order valence-corrected chi connectivity index (χ3v) is 5.46. The highest BCUT2D eigenvalue weighted by Crippen LogP contribution is 2.51. The molecule has 0 radical (unpaired) electrons. The van der Waals surface area contributed by atoms with Crippen molar-refractivity contribution in [1.29, 1.82) is 0 Å². The largest absolute Gasteiger partial charge is 0.381 e. The van der Waals surface area contributed by atoms with Crippen LogP contribution in [0.1, 0.15) is 0 Å². The van der Waals surface area contributed by atoms with Gasteiger partial charge in [0.2, 0.25) is 5.91 Å². The molecule has 2 heterocycles. The molecule has 1 amide bonds. The molecule has 2 atom stereocenters. The Labute approximate surface area is 135 Å². The van der Waals surface area contributed by atoms with Crippen molar-refractivity contribution in [3.8, 4) is 0 Å². The van der Waals surface area contributed by atoms with Crippen LogP contribution in [-0.4, -0.2) is 24.1 Å². The van der Waals surface area contributed by atoms with Crippen LogP contribution in [0.4, 0.5) is 5.82 Å². The molecular weight excluding hydrogens is 356 g/mol. The summed E-state index contributed by atoms with van der Waals surface area (Å²) < 4.78 is 6.13. The van der Waals surface area contributed by atoms with E-state index in [0.717, 1.165) is 15.2 Å². The second-order valence-corrected chi connectivity index (χ2v) is 6.82. The van der Waals surface area contributed by atoms with E-state index in [4.69, 9.17) is 16.3 Å². The summed E-state index contributed by atoms with van der Waals surface area (Å²) in [5.41, 5.74) is 0. The van der Waals surface area contributed by atoms with Crippen molar-refractivity contribution in [2.75, 3.05) is 18.5 Å². The van der Waals surface area contributed by atoms with Crippen molar-refractivity contribution in [1.82, 2.24) is 4.98 Å². The molecule has 1 aromatic heterocycles. The van der Waals surface area contributed by atoms with Gasteiger partial charge in [0.15, 0.2) is 0 Å². The number of fused-ring (bicyclic) bond motifs is 2. The zero-order valence-electron chi connectivity index (χ0n) is 11.0.